The molecule has 2 heterocycles. The number of aliphatic imine (C=N–C) groups is 1. The summed E-state index contributed by atoms with van der Waals surface area (Å²) in [5.74, 6) is 1.36. The fraction of sp³-hybridized carbons (Fsp3) is 0.350. The summed E-state index contributed by atoms with van der Waals surface area (Å²) in [6.07, 6.45) is 0.441. The molecule has 8 heteroatoms. The van der Waals surface area contributed by atoms with E-state index in [1.807, 2.05) is 54.3 Å². The van der Waals surface area contributed by atoms with E-state index in [0.717, 1.165) is 17.9 Å². The van der Waals surface area contributed by atoms with Crippen LogP contribution in [0.5, 0.6) is 5.88 Å². The summed E-state index contributed by atoms with van der Waals surface area (Å²) < 4.78 is 5.15. The number of pyridine rings is 1. The summed E-state index contributed by atoms with van der Waals surface area (Å²) >= 11 is 0. The number of rotatable bonds is 6. The number of nitrogens with one attached hydrogen (secondary N) is 2. The molecule has 150 valence electrons. The van der Waals surface area contributed by atoms with Gasteiger partial charge in [-0.05, 0) is 25.1 Å². The van der Waals surface area contributed by atoms with Crippen LogP contribution in [0.15, 0.2) is 53.5 Å². The van der Waals surface area contributed by atoms with E-state index in [1.54, 1.807) is 13.2 Å². The summed E-state index contributed by atoms with van der Waals surface area (Å²) in [5, 5.41) is 6.59. The lowest BCUT2D eigenvalue weighted by atomic mass is 10.2. The molecular formula is C20H26IN5O2. The molecule has 0 aliphatic carbocycles. The third kappa shape index (κ3) is 5.82. The van der Waals surface area contributed by atoms with Gasteiger partial charge in [-0.15, -0.1) is 24.0 Å². The van der Waals surface area contributed by atoms with Gasteiger partial charge in [-0.3, -0.25) is 4.79 Å². The number of methoxy groups -OCH3 is 1. The number of guanidine groups is 1. The van der Waals surface area contributed by atoms with Crippen molar-refractivity contribution in [1.29, 1.82) is 0 Å². The zero-order valence-corrected chi connectivity index (χ0v) is 18.4. The Hall–Kier alpha value is -2.36. The second-order valence-electron chi connectivity index (χ2n) is 6.25. The Kier molecular flexibility index (Phi) is 8.49. The van der Waals surface area contributed by atoms with E-state index in [9.17, 15) is 4.79 Å². The molecule has 0 bridgehead atoms. The molecule has 2 aromatic rings. The first-order valence-corrected chi connectivity index (χ1v) is 9.09. The second kappa shape index (κ2) is 10.8. The summed E-state index contributed by atoms with van der Waals surface area (Å²) in [5.41, 5.74) is 1.74. The molecule has 1 aliphatic rings. The van der Waals surface area contributed by atoms with Gasteiger partial charge in [0, 0.05) is 31.3 Å². The van der Waals surface area contributed by atoms with Crippen molar-refractivity contribution >= 4 is 41.5 Å². The number of benzene rings is 1. The molecule has 2 N–H and O–H groups in total. The highest BCUT2D eigenvalue weighted by Crippen LogP contribution is 2.21. The Morgan fingerprint density at radius 3 is 2.75 bits per heavy atom. The van der Waals surface area contributed by atoms with Gasteiger partial charge in [-0.25, -0.2) is 9.98 Å². The maximum absolute atomic E-state index is 12.4. The van der Waals surface area contributed by atoms with E-state index in [-0.39, 0.29) is 35.9 Å². The molecular weight excluding hydrogens is 469 g/mol. The lowest BCUT2D eigenvalue weighted by molar-refractivity contribution is -0.117. The molecule has 0 saturated carbocycles. The Labute approximate surface area is 182 Å². The Balaban J connectivity index is 0.00000280. The van der Waals surface area contributed by atoms with Gasteiger partial charge in [0.05, 0.1) is 25.4 Å². The molecule has 0 radical (unpaired) electrons. The Bertz CT molecular complexity index is 800. The number of carbonyl (C=O) groups excluding carboxylic acids is 1. The zero-order valence-electron chi connectivity index (χ0n) is 16.1. The number of ether oxygens (including phenoxy) is 1. The number of anilines is 1. The van der Waals surface area contributed by atoms with E-state index in [2.05, 4.69) is 20.6 Å². The van der Waals surface area contributed by atoms with Crippen molar-refractivity contribution in [2.45, 2.75) is 25.9 Å². The first kappa shape index (κ1) is 21.9. The highest BCUT2D eigenvalue weighted by Gasteiger charge is 2.31. The molecule has 1 unspecified atom stereocenters. The number of halogens is 1. The van der Waals surface area contributed by atoms with Gasteiger partial charge in [0.25, 0.3) is 0 Å². The first-order chi connectivity index (χ1) is 13.2. The number of nitrogens with zero attached hydrogens (tertiary/aromatic N) is 3. The van der Waals surface area contributed by atoms with Crippen molar-refractivity contribution in [3.63, 3.8) is 0 Å². The maximum atomic E-state index is 12.4. The van der Waals surface area contributed by atoms with Crippen LogP contribution in [0.3, 0.4) is 0 Å². The molecule has 7 nitrogen and oxygen atoms in total. The third-order valence-electron chi connectivity index (χ3n) is 4.27. The summed E-state index contributed by atoms with van der Waals surface area (Å²) in [6.45, 7) is 3.79. The van der Waals surface area contributed by atoms with Crippen LogP contribution in [0.4, 0.5) is 5.69 Å². The monoisotopic (exact) mass is 495 g/mol. The minimum atomic E-state index is 0. The summed E-state index contributed by atoms with van der Waals surface area (Å²) in [4.78, 5) is 23.2. The Morgan fingerprint density at radius 1 is 1.25 bits per heavy atom. The highest BCUT2D eigenvalue weighted by atomic mass is 127. The van der Waals surface area contributed by atoms with Crippen molar-refractivity contribution in [3.05, 3.63) is 54.2 Å². The van der Waals surface area contributed by atoms with Crippen molar-refractivity contribution in [2.75, 3.05) is 25.1 Å². The minimum absolute atomic E-state index is 0. The average Bonchev–Trinajstić information content (AvgIpc) is 3.07. The molecule has 1 amide bonds. The van der Waals surface area contributed by atoms with Gasteiger partial charge in [0.2, 0.25) is 11.8 Å². The molecule has 1 aromatic carbocycles. The predicted octanol–water partition coefficient (Wildman–Crippen LogP) is 2.57. The molecule has 3 rings (SSSR count). The number of aromatic nitrogens is 1. The van der Waals surface area contributed by atoms with Crippen molar-refractivity contribution in [2.24, 2.45) is 4.99 Å². The van der Waals surface area contributed by atoms with E-state index >= 15 is 0 Å². The molecule has 1 aliphatic heterocycles. The maximum Gasteiger partial charge on any atom is 0.229 e. The van der Waals surface area contributed by atoms with Gasteiger partial charge >= 0.3 is 0 Å². The quantitative estimate of drug-likeness (QED) is 0.366. The number of amides is 1. The van der Waals surface area contributed by atoms with Gasteiger partial charge < -0.3 is 20.3 Å². The van der Waals surface area contributed by atoms with Crippen LogP contribution in [-0.2, 0) is 11.3 Å². The molecule has 1 fully saturated rings. The smallest absolute Gasteiger partial charge is 0.229 e. The molecule has 1 aromatic heterocycles. The largest absolute Gasteiger partial charge is 0.481 e. The standard InChI is InChI=1S/C20H25N5O2.HI/c1-3-21-20(22-13-15-8-7-11-18(23-15)27-2)24-16-12-19(26)25(14-16)17-9-5-4-6-10-17;/h4-11,16H,3,12-14H2,1-2H3,(H2,21,22,24);1H. The van der Waals surface area contributed by atoms with E-state index in [0.29, 0.717) is 31.3 Å². The van der Waals surface area contributed by atoms with Crippen LogP contribution in [0.1, 0.15) is 19.0 Å². The number of para-hydroxylation sites is 1. The van der Waals surface area contributed by atoms with Crippen LogP contribution < -0.4 is 20.3 Å². The number of carbonyl (C=O) groups is 1. The third-order valence-corrected chi connectivity index (χ3v) is 4.27. The lowest BCUT2D eigenvalue weighted by Crippen LogP contribution is -2.44. The van der Waals surface area contributed by atoms with E-state index in [4.69, 9.17) is 4.74 Å². The Morgan fingerprint density at radius 2 is 2.04 bits per heavy atom. The summed E-state index contributed by atoms with van der Waals surface area (Å²) in [6, 6.07) is 15.3. The number of hydrogen-bond donors (Lipinski definition) is 2. The van der Waals surface area contributed by atoms with Crippen LogP contribution >= 0.6 is 24.0 Å². The molecule has 28 heavy (non-hydrogen) atoms. The molecule has 1 atom stereocenters. The SMILES string of the molecule is CCNC(=NCc1cccc(OC)n1)NC1CC(=O)N(c2ccccc2)C1.I. The topological polar surface area (TPSA) is 78.9 Å². The normalized spacial score (nSPS) is 16.5. The number of hydrogen-bond acceptors (Lipinski definition) is 4. The average molecular weight is 495 g/mol. The first-order valence-electron chi connectivity index (χ1n) is 9.09. The predicted molar refractivity (Wildman–Crippen MR) is 121 cm³/mol. The van der Waals surface area contributed by atoms with Crippen molar-refractivity contribution in [3.8, 4) is 5.88 Å². The van der Waals surface area contributed by atoms with Gasteiger partial charge in [-0.2, -0.15) is 0 Å². The van der Waals surface area contributed by atoms with Crippen LogP contribution in [0, 0.1) is 0 Å². The van der Waals surface area contributed by atoms with Gasteiger partial charge in [-0.1, -0.05) is 24.3 Å². The van der Waals surface area contributed by atoms with Crippen LogP contribution in [-0.4, -0.2) is 43.1 Å². The van der Waals surface area contributed by atoms with Crippen molar-refractivity contribution < 1.29 is 9.53 Å². The minimum Gasteiger partial charge on any atom is -0.481 e. The highest BCUT2D eigenvalue weighted by molar-refractivity contribution is 14.0. The molecule has 1 saturated heterocycles. The van der Waals surface area contributed by atoms with Gasteiger partial charge in [0.15, 0.2) is 5.96 Å². The van der Waals surface area contributed by atoms with E-state index in [1.165, 1.54) is 0 Å². The fourth-order valence-electron chi connectivity index (χ4n) is 2.99. The van der Waals surface area contributed by atoms with Gasteiger partial charge in [0.1, 0.15) is 0 Å². The fourth-order valence-corrected chi connectivity index (χ4v) is 2.99. The van der Waals surface area contributed by atoms with E-state index < -0.39 is 0 Å². The molecule has 0 spiro atoms. The van der Waals surface area contributed by atoms with Crippen molar-refractivity contribution in [1.82, 2.24) is 15.6 Å². The summed E-state index contributed by atoms with van der Waals surface area (Å²) in [7, 11) is 1.59. The van der Waals surface area contributed by atoms with Crippen LogP contribution in [0.2, 0.25) is 0 Å². The lowest BCUT2D eigenvalue weighted by Gasteiger charge is -2.19. The zero-order chi connectivity index (χ0) is 19.1. The second-order valence-corrected chi connectivity index (χ2v) is 6.25. The van der Waals surface area contributed by atoms with Crippen LogP contribution in [0.25, 0.3) is 0 Å².